The third-order valence-electron chi connectivity index (χ3n) is 4.05. The average Bonchev–Trinajstić information content (AvgIpc) is 2.65. The van der Waals surface area contributed by atoms with Crippen molar-refractivity contribution in [2.45, 2.75) is 51.1 Å². The lowest BCUT2D eigenvalue weighted by Crippen LogP contribution is -2.48. The maximum Gasteiger partial charge on any atom is 0.240 e. The van der Waals surface area contributed by atoms with Crippen LogP contribution in [0.3, 0.4) is 0 Å². The van der Waals surface area contributed by atoms with Crippen molar-refractivity contribution >= 4 is 5.91 Å². The maximum absolute atomic E-state index is 12.5. The number of aromatic hydroxyl groups is 1. The molecule has 0 radical (unpaired) electrons. The van der Waals surface area contributed by atoms with Gasteiger partial charge in [-0.05, 0) is 43.9 Å². The van der Waals surface area contributed by atoms with Crippen LogP contribution in [0.2, 0.25) is 0 Å². The predicted octanol–water partition coefficient (Wildman–Crippen LogP) is 2.05. The van der Waals surface area contributed by atoms with Crippen LogP contribution >= 0.6 is 0 Å². The molecule has 1 heterocycles. The van der Waals surface area contributed by atoms with Crippen molar-refractivity contribution in [3.63, 3.8) is 0 Å². The molecular weight excluding hydrogens is 252 g/mol. The molecule has 2 rings (SSSR count). The summed E-state index contributed by atoms with van der Waals surface area (Å²) in [5.41, 5.74) is 7.06. The van der Waals surface area contributed by atoms with Crippen molar-refractivity contribution in [2.75, 3.05) is 6.54 Å². The van der Waals surface area contributed by atoms with Crippen molar-refractivity contribution < 1.29 is 9.90 Å². The number of phenolic OH excluding ortho intramolecular Hbond substituents is 1. The summed E-state index contributed by atoms with van der Waals surface area (Å²) < 4.78 is 0. The summed E-state index contributed by atoms with van der Waals surface area (Å²) in [4.78, 5) is 14.4. The molecule has 1 aromatic rings. The number of likely N-dealkylation sites (tertiary alicyclic amines) is 1. The maximum atomic E-state index is 12.5. The van der Waals surface area contributed by atoms with E-state index in [0.29, 0.717) is 6.42 Å². The summed E-state index contributed by atoms with van der Waals surface area (Å²) in [6, 6.07) is 6.67. The van der Waals surface area contributed by atoms with Gasteiger partial charge in [0.2, 0.25) is 5.91 Å². The highest BCUT2D eigenvalue weighted by Crippen LogP contribution is 2.18. The summed E-state index contributed by atoms with van der Waals surface area (Å²) in [5, 5.41) is 9.26. The molecule has 20 heavy (non-hydrogen) atoms. The smallest absolute Gasteiger partial charge is 0.240 e. The van der Waals surface area contributed by atoms with Crippen LogP contribution in [0.25, 0.3) is 0 Å². The summed E-state index contributed by atoms with van der Waals surface area (Å²) in [7, 11) is 0. The van der Waals surface area contributed by atoms with E-state index in [1.807, 2.05) is 17.0 Å². The quantitative estimate of drug-likeness (QED) is 0.888. The summed E-state index contributed by atoms with van der Waals surface area (Å²) in [6.07, 6.45) is 5.04. The van der Waals surface area contributed by atoms with Crippen LogP contribution in [0.1, 0.15) is 38.2 Å². The van der Waals surface area contributed by atoms with Crippen molar-refractivity contribution in [2.24, 2.45) is 5.73 Å². The van der Waals surface area contributed by atoms with Crippen molar-refractivity contribution in [1.82, 2.24) is 4.90 Å². The van der Waals surface area contributed by atoms with Crippen LogP contribution in [0, 0.1) is 0 Å². The van der Waals surface area contributed by atoms with Gasteiger partial charge in [0.1, 0.15) is 5.75 Å². The van der Waals surface area contributed by atoms with Gasteiger partial charge < -0.3 is 15.7 Å². The largest absolute Gasteiger partial charge is 0.508 e. The lowest BCUT2D eigenvalue weighted by atomic mass is 10.0. The number of rotatable bonds is 3. The topological polar surface area (TPSA) is 66.6 Å². The van der Waals surface area contributed by atoms with E-state index in [1.54, 1.807) is 12.1 Å². The molecule has 2 atom stereocenters. The Morgan fingerprint density at radius 2 is 2.05 bits per heavy atom. The standard InChI is InChI=1S/C16H24N2O2/c1-12-5-3-2-4-10-18(12)16(20)15(17)11-13-6-8-14(19)9-7-13/h6-9,12,15,19H,2-5,10-11,17H2,1H3/t12?,15-/m1/s1. The van der Waals surface area contributed by atoms with E-state index >= 15 is 0 Å². The van der Waals surface area contributed by atoms with Gasteiger partial charge in [-0.25, -0.2) is 0 Å². The number of carbonyl (C=O) groups is 1. The number of phenols is 1. The van der Waals surface area contributed by atoms with E-state index in [1.165, 1.54) is 12.8 Å². The highest BCUT2D eigenvalue weighted by Gasteiger charge is 2.26. The molecule has 1 fully saturated rings. The zero-order valence-electron chi connectivity index (χ0n) is 12.1. The fourth-order valence-corrected chi connectivity index (χ4v) is 2.79. The Kier molecular flexibility index (Phi) is 5.01. The molecule has 1 aliphatic heterocycles. The molecule has 0 aliphatic carbocycles. The summed E-state index contributed by atoms with van der Waals surface area (Å²) >= 11 is 0. The van der Waals surface area contributed by atoms with Crippen molar-refractivity contribution in [1.29, 1.82) is 0 Å². The van der Waals surface area contributed by atoms with Gasteiger partial charge in [-0.2, -0.15) is 0 Å². The van der Waals surface area contributed by atoms with E-state index in [-0.39, 0.29) is 17.7 Å². The molecule has 1 saturated heterocycles. The Bertz CT molecular complexity index is 444. The van der Waals surface area contributed by atoms with Crippen molar-refractivity contribution in [3.05, 3.63) is 29.8 Å². The highest BCUT2D eigenvalue weighted by atomic mass is 16.3. The number of nitrogens with zero attached hydrogens (tertiary/aromatic N) is 1. The first kappa shape index (κ1) is 14.9. The van der Waals surface area contributed by atoms with Gasteiger partial charge in [-0.1, -0.05) is 25.0 Å². The van der Waals surface area contributed by atoms with E-state index in [9.17, 15) is 9.90 Å². The average molecular weight is 276 g/mol. The molecular formula is C16H24N2O2. The SMILES string of the molecule is CC1CCCCCN1C(=O)[C@H](N)Cc1ccc(O)cc1. The normalized spacial score (nSPS) is 21.3. The zero-order valence-corrected chi connectivity index (χ0v) is 12.1. The van der Waals surface area contributed by atoms with E-state index in [2.05, 4.69) is 6.92 Å². The van der Waals surface area contributed by atoms with E-state index in [0.717, 1.165) is 24.9 Å². The molecule has 1 amide bonds. The fraction of sp³-hybridized carbons (Fsp3) is 0.562. The second kappa shape index (κ2) is 6.75. The van der Waals surface area contributed by atoms with Crippen LogP contribution < -0.4 is 5.73 Å². The third kappa shape index (κ3) is 3.73. The molecule has 110 valence electrons. The molecule has 0 bridgehead atoms. The van der Waals surface area contributed by atoms with Gasteiger partial charge in [0, 0.05) is 12.6 Å². The van der Waals surface area contributed by atoms with Crippen LogP contribution in [0.5, 0.6) is 5.75 Å². The number of nitrogens with two attached hydrogens (primary N) is 1. The van der Waals surface area contributed by atoms with Crippen LogP contribution in [-0.2, 0) is 11.2 Å². The first-order valence-electron chi connectivity index (χ1n) is 7.42. The lowest BCUT2D eigenvalue weighted by Gasteiger charge is -2.29. The Hall–Kier alpha value is -1.55. The zero-order chi connectivity index (χ0) is 14.5. The molecule has 3 N–H and O–H groups in total. The van der Waals surface area contributed by atoms with Crippen LogP contribution in [-0.4, -0.2) is 34.5 Å². The fourth-order valence-electron chi connectivity index (χ4n) is 2.79. The second-order valence-electron chi connectivity index (χ2n) is 5.71. The molecule has 0 spiro atoms. The summed E-state index contributed by atoms with van der Waals surface area (Å²) in [5.74, 6) is 0.280. The molecule has 4 nitrogen and oxygen atoms in total. The van der Waals surface area contributed by atoms with Crippen LogP contribution in [0.4, 0.5) is 0 Å². The van der Waals surface area contributed by atoms with E-state index in [4.69, 9.17) is 5.73 Å². The first-order chi connectivity index (χ1) is 9.58. The minimum absolute atomic E-state index is 0.0486. The number of hydrogen-bond donors (Lipinski definition) is 2. The van der Waals surface area contributed by atoms with Crippen molar-refractivity contribution in [3.8, 4) is 5.75 Å². The number of carbonyl (C=O) groups excluding carboxylic acids is 1. The summed E-state index contributed by atoms with van der Waals surface area (Å²) in [6.45, 7) is 2.93. The molecule has 1 aliphatic rings. The number of hydrogen-bond acceptors (Lipinski definition) is 3. The van der Waals surface area contributed by atoms with Gasteiger partial charge in [0.25, 0.3) is 0 Å². The van der Waals surface area contributed by atoms with E-state index < -0.39 is 6.04 Å². The Labute approximate surface area is 120 Å². The highest BCUT2D eigenvalue weighted by molar-refractivity contribution is 5.82. The molecule has 4 heteroatoms. The van der Waals surface area contributed by atoms with Gasteiger partial charge in [-0.3, -0.25) is 4.79 Å². The Morgan fingerprint density at radius 1 is 1.35 bits per heavy atom. The predicted molar refractivity (Wildman–Crippen MR) is 79.4 cm³/mol. The van der Waals surface area contributed by atoms with Gasteiger partial charge >= 0.3 is 0 Å². The second-order valence-corrected chi connectivity index (χ2v) is 5.71. The number of amides is 1. The molecule has 0 aromatic heterocycles. The number of benzene rings is 1. The lowest BCUT2D eigenvalue weighted by molar-refractivity contribution is -0.134. The molecule has 0 saturated carbocycles. The third-order valence-corrected chi connectivity index (χ3v) is 4.05. The molecule has 1 aromatic carbocycles. The van der Waals surface area contributed by atoms with Gasteiger partial charge in [0.05, 0.1) is 6.04 Å². The monoisotopic (exact) mass is 276 g/mol. The van der Waals surface area contributed by atoms with Crippen LogP contribution in [0.15, 0.2) is 24.3 Å². The van der Waals surface area contributed by atoms with Gasteiger partial charge in [0.15, 0.2) is 0 Å². The minimum atomic E-state index is -0.500. The Balaban J connectivity index is 1.98. The first-order valence-corrected chi connectivity index (χ1v) is 7.42. The van der Waals surface area contributed by atoms with Gasteiger partial charge in [-0.15, -0.1) is 0 Å². The molecule has 1 unspecified atom stereocenters. The minimum Gasteiger partial charge on any atom is -0.508 e. The Morgan fingerprint density at radius 3 is 2.75 bits per heavy atom.